The molecule has 0 spiro atoms. The fourth-order valence-electron chi connectivity index (χ4n) is 3.14. The van der Waals surface area contributed by atoms with Crippen molar-refractivity contribution >= 4 is 0 Å². The van der Waals surface area contributed by atoms with Crippen molar-refractivity contribution in [3.05, 3.63) is 34.4 Å². The van der Waals surface area contributed by atoms with E-state index in [2.05, 4.69) is 38.2 Å². The minimum absolute atomic E-state index is 0.602. The van der Waals surface area contributed by atoms with Crippen molar-refractivity contribution in [2.45, 2.75) is 65.3 Å². The third-order valence-electron chi connectivity index (χ3n) is 4.18. The summed E-state index contributed by atoms with van der Waals surface area (Å²) in [5, 5.41) is 3.72. The minimum Gasteiger partial charge on any atom is -0.310 e. The monoisotopic (exact) mass is 245 g/mol. The van der Waals surface area contributed by atoms with Gasteiger partial charge in [-0.2, -0.15) is 0 Å². The van der Waals surface area contributed by atoms with Crippen molar-refractivity contribution in [1.82, 2.24) is 5.32 Å². The zero-order valence-corrected chi connectivity index (χ0v) is 12.2. The first-order valence-corrected chi connectivity index (χ1v) is 7.68. The molecule has 0 bridgehead atoms. The number of aryl methyl sites for hydroxylation is 3. The van der Waals surface area contributed by atoms with Gasteiger partial charge in [0, 0.05) is 6.04 Å². The molecule has 0 saturated carbocycles. The Morgan fingerprint density at radius 2 is 1.83 bits per heavy atom. The van der Waals surface area contributed by atoms with Gasteiger partial charge >= 0.3 is 0 Å². The maximum absolute atomic E-state index is 3.72. The molecule has 1 unspecified atom stereocenters. The van der Waals surface area contributed by atoms with E-state index in [-0.39, 0.29) is 0 Å². The van der Waals surface area contributed by atoms with Gasteiger partial charge in [-0.15, -0.1) is 0 Å². The van der Waals surface area contributed by atoms with Crippen LogP contribution in [0.1, 0.15) is 68.3 Å². The third-order valence-corrected chi connectivity index (χ3v) is 4.18. The van der Waals surface area contributed by atoms with Crippen molar-refractivity contribution in [1.29, 1.82) is 0 Å². The maximum Gasteiger partial charge on any atom is 0.0323 e. The average Bonchev–Trinajstić information content (AvgIpc) is 2.43. The van der Waals surface area contributed by atoms with E-state index in [1.807, 2.05) is 0 Å². The highest BCUT2D eigenvalue weighted by atomic mass is 14.9. The van der Waals surface area contributed by atoms with Gasteiger partial charge in [0.2, 0.25) is 0 Å². The first kappa shape index (κ1) is 13.6. The number of benzene rings is 1. The van der Waals surface area contributed by atoms with Crippen LogP contribution in [0.25, 0.3) is 0 Å². The molecule has 1 aliphatic carbocycles. The van der Waals surface area contributed by atoms with Crippen LogP contribution in [0.2, 0.25) is 0 Å². The predicted octanol–water partition coefficient (Wildman–Crippen LogP) is 4.19. The Kier molecular flexibility index (Phi) is 4.82. The molecule has 0 aliphatic heterocycles. The summed E-state index contributed by atoms with van der Waals surface area (Å²) >= 11 is 0. The molecular weight excluding hydrogens is 218 g/mol. The molecule has 1 aliphatic rings. The summed E-state index contributed by atoms with van der Waals surface area (Å²) in [6, 6.07) is 5.57. The summed E-state index contributed by atoms with van der Waals surface area (Å²) in [4.78, 5) is 0. The van der Waals surface area contributed by atoms with Gasteiger partial charge in [-0.1, -0.05) is 32.9 Å². The van der Waals surface area contributed by atoms with E-state index in [9.17, 15) is 0 Å². The summed E-state index contributed by atoms with van der Waals surface area (Å²) in [6.45, 7) is 7.93. The Hall–Kier alpha value is -0.820. The molecular formula is C17H27N. The van der Waals surface area contributed by atoms with Gasteiger partial charge < -0.3 is 5.32 Å². The molecule has 1 heteroatoms. The highest BCUT2D eigenvalue weighted by molar-refractivity contribution is 5.41. The van der Waals surface area contributed by atoms with Gasteiger partial charge in [-0.3, -0.25) is 0 Å². The second-order valence-electron chi connectivity index (χ2n) is 5.43. The summed E-state index contributed by atoms with van der Waals surface area (Å²) in [6.07, 6.45) is 7.47. The van der Waals surface area contributed by atoms with E-state index in [0.29, 0.717) is 6.04 Å². The van der Waals surface area contributed by atoms with Crippen LogP contribution in [-0.2, 0) is 19.3 Å². The fourth-order valence-corrected chi connectivity index (χ4v) is 3.14. The summed E-state index contributed by atoms with van der Waals surface area (Å²) in [5.74, 6) is 0. The van der Waals surface area contributed by atoms with Crippen molar-refractivity contribution in [2.75, 3.05) is 6.54 Å². The Morgan fingerprint density at radius 1 is 1.11 bits per heavy atom. The van der Waals surface area contributed by atoms with Gasteiger partial charge in [-0.05, 0) is 67.3 Å². The Labute approximate surface area is 112 Å². The van der Waals surface area contributed by atoms with Crippen molar-refractivity contribution in [3.63, 3.8) is 0 Å². The van der Waals surface area contributed by atoms with E-state index < -0.39 is 0 Å². The van der Waals surface area contributed by atoms with E-state index in [4.69, 9.17) is 0 Å². The quantitative estimate of drug-likeness (QED) is 0.820. The van der Waals surface area contributed by atoms with Crippen molar-refractivity contribution in [2.24, 2.45) is 0 Å². The van der Waals surface area contributed by atoms with E-state index >= 15 is 0 Å². The van der Waals surface area contributed by atoms with Crippen LogP contribution < -0.4 is 5.32 Å². The van der Waals surface area contributed by atoms with Crippen LogP contribution >= 0.6 is 0 Å². The van der Waals surface area contributed by atoms with Crippen LogP contribution in [0.3, 0.4) is 0 Å². The number of hydrogen-bond donors (Lipinski definition) is 1. The fraction of sp³-hybridized carbons (Fsp3) is 0.647. The molecule has 1 aromatic rings. The van der Waals surface area contributed by atoms with Crippen LogP contribution in [0.5, 0.6) is 0 Å². The van der Waals surface area contributed by atoms with Crippen LogP contribution in [-0.4, -0.2) is 6.54 Å². The average molecular weight is 245 g/mol. The molecule has 0 radical (unpaired) electrons. The minimum atomic E-state index is 0.602. The van der Waals surface area contributed by atoms with E-state index in [0.717, 1.165) is 13.0 Å². The molecule has 1 nitrogen and oxygen atoms in total. The number of fused-ring (bicyclic) bond motifs is 1. The molecule has 0 aromatic heterocycles. The van der Waals surface area contributed by atoms with Crippen molar-refractivity contribution in [3.8, 4) is 0 Å². The van der Waals surface area contributed by atoms with Gasteiger partial charge in [0.1, 0.15) is 0 Å². The highest BCUT2D eigenvalue weighted by Gasteiger charge is 2.20. The van der Waals surface area contributed by atoms with Crippen molar-refractivity contribution < 1.29 is 0 Å². The Balaban J connectivity index is 2.31. The van der Waals surface area contributed by atoms with Gasteiger partial charge in [0.25, 0.3) is 0 Å². The molecule has 0 amide bonds. The zero-order chi connectivity index (χ0) is 13.0. The zero-order valence-electron chi connectivity index (χ0n) is 12.2. The third kappa shape index (κ3) is 2.77. The topological polar surface area (TPSA) is 12.0 Å². The van der Waals surface area contributed by atoms with Gasteiger partial charge in [0.05, 0.1) is 0 Å². The maximum atomic E-state index is 3.72. The smallest absolute Gasteiger partial charge is 0.0323 e. The number of nitrogens with one attached hydrogen (secondary N) is 1. The summed E-state index contributed by atoms with van der Waals surface area (Å²) in [7, 11) is 0. The summed E-state index contributed by atoms with van der Waals surface area (Å²) < 4.78 is 0. The molecule has 0 fully saturated rings. The van der Waals surface area contributed by atoms with Gasteiger partial charge in [0.15, 0.2) is 0 Å². The lowest BCUT2D eigenvalue weighted by molar-refractivity contribution is 0.459. The molecule has 1 aromatic carbocycles. The first-order valence-electron chi connectivity index (χ1n) is 7.68. The SMILES string of the molecule is CCCNC1CCCc2cc(CC)c(CC)cc21. The predicted molar refractivity (Wildman–Crippen MR) is 79.2 cm³/mol. The first-order chi connectivity index (χ1) is 8.80. The normalized spacial score (nSPS) is 18.7. The Morgan fingerprint density at radius 3 is 2.50 bits per heavy atom. The molecule has 0 heterocycles. The largest absolute Gasteiger partial charge is 0.310 e. The van der Waals surface area contributed by atoms with Crippen LogP contribution in [0, 0.1) is 0 Å². The van der Waals surface area contributed by atoms with E-state index in [1.165, 1.54) is 32.1 Å². The van der Waals surface area contributed by atoms with Gasteiger partial charge in [-0.25, -0.2) is 0 Å². The number of rotatable bonds is 5. The standard InChI is InChI=1S/C17H27N/c1-4-10-18-17-9-7-8-15-11-13(5-2)14(6-3)12-16(15)17/h11-12,17-18H,4-10H2,1-3H3. The van der Waals surface area contributed by atoms with Crippen LogP contribution in [0.15, 0.2) is 12.1 Å². The van der Waals surface area contributed by atoms with E-state index in [1.54, 1.807) is 22.3 Å². The second-order valence-corrected chi connectivity index (χ2v) is 5.43. The molecule has 18 heavy (non-hydrogen) atoms. The molecule has 100 valence electrons. The highest BCUT2D eigenvalue weighted by Crippen LogP contribution is 2.32. The molecule has 0 saturated heterocycles. The molecule has 1 N–H and O–H groups in total. The second kappa shape index (κ2) is 6.38. The lowest BCUT2D eigenvalue weighted by atomic mass is 9.84. The van der Waals surface area contributed by atoms with Crippen LogP contribution in [0.4, 0.5) is 0 Å². The lowest BCUT2D eigenvalue weighted by Gasteiger charge is -2.28. The number of hydrogen-bond acceptors (Lipinski definition) is 1. The lowest BCUT2D eigenvalue weighted by Crippen LogP contribution is -2.26. The summed E-state index contributed by atoms with van der Waals surface area (Å²) in [5.41, 5.74) is 6.31. The molecule has 2 rings (SSSR count). The molecule has 1 atom stereocenters. The Bertz CT molecular complexity index is 395.